The molecule has 10 heteroatoms. The number of halogens is 1. The molecule has 1 heterocycles. The van der Waals surface area contributed by atoms with Crippen LogP contribution in [0.2, 0.25) is 0 Å². The zero-order valence-corrected chi connectivity index (χ0v) is 21.8. The molecule has 0 aliphatic rings. The monoisotopic (exact) mass is 590 g/mol. The molecule has 0 unspecified atom stereocenters. The van der Waals surface area contributed by atoms with Gasteiger partial charge in [-0.3, -0.25) is 14.3 Å². The fourth-order valence-corrected chi connectivity index (χ4v) is 3.68. The Morgan fingerprint density at radius 3 is 2.34 bits per heavy atom. The van der Waals surface area contributed by atoms with Gasteiger partial charge >= 0.3 is 17.3 Å². The van der Waals surface area contributed by atoms with Crippen LogP contribution < -0.4 is 21.7 Å². The van der Waals surface area contributed by atoms with Crippen molar-refractivity contribution in [3.05, 3.63) is 92.3 Å². The van der Waals surface area contributed by atoms with Crippen LogP contribution in [-0.2, 0) is 17.9 Å². The van der Waals surface area contributed by atoms with Crippen molar-refractivity contribution < 1.29 is 14.6 Å². The van der Waals surface area contributed by atoms with E-state index in [0.29, 0.717) is 11.4 Å². The number of carboxylic acids is 1. The third-order valence-electron chi connectivity index (χ3n) is 4.92. The maximum atomic E-state index is 13.3. The normalized spacial score (nSPS) is 12.9. The summed E-state index contributed by atoms with van der Waals surface area (Å²) in [6.07, 6.45) is 3.92. The van der Waals surface area contributed by atoms with Crippen LogP contribution >= 0.6 is 22.6 Å². The number of alkyl halides is 1. The Balaban J connectivity index is 2.11. The van der Waals surface area contributed by atoms with Gasteiger partial charge in [-0.15, -0.1) is 0 Å². The summed E-state index contributed by atoms with van der Waals surface area (Å²) in [7, 11) is 0. The van der Waals surface area contributed by atoms with Gasteiger partial charge in [-0.1, -0.05) is 59.0 Å². The van der Waals surface area contributed by atoms with Crippen molar-refractivity contribution in [2.75, 3.05) is 0 Å². The Morgan fingerprint density at radius 1 is 1.11 bits per heavy atom. The molecule has 0 spiro atoms. The van der Waals surface area contributed by atoms with E-state index in [2.05, 4.69) is 9.98 Å². The standard InChI is InChI=1S/C25H27IN4O5/c1-4-5-17-6-8-18(9-7-17)14-29-23(27-19-10-12-20(13-11-19)35-16(2)3)28-24(33)30(25(29)34)15-21(26)22(31)32/h4-13,16,21H,14-15H2,1-3H3,(H,31,32)(H,27,28,33)/b5-4-/t21-/m0/s1. The van der Waals surface area contributed by atoms with Gasteiger partial charge < -0.3 is 9.84 Å². The van der Waals surface area contributed by atoms with E-state index in [1.54, 1.807) is 46.9 Å². The topological polar surface area (TPSA) is 119 Å². The van der Waals surface area contributed by atoms with Crippen LogP contribution in [0.3, 0.4) is 0 Å². The number of nitrogens with zero attached hydrogens (tertiary/aromatic N) is 3. The van der Waals surface area contributed by atoms with Crippen molar-refractivity contribution in [3.63, 3.8) is 0 Å². The number of allylic oxidation sites excluding steroid dienone is 1. The van der Waals surface area contributed by atoms with E-state index < -0.39 is 21.3 Å². The van der Waals surface area contributed by atoms with Crippen LogP contribution in [-0.4, -0.2) is 35.2 Å². The van der Waals surface area contributed by atoms with Gasteiger partial charge in [0.1, 0.15) is 9.67 Å². The van der Waals surface area contributed by atoms with Crippen LogP contribution in [0, 0.1) is 0 Å². The summed E-state index contributed by atoms with van der Waals surface area (Å²) in [5.41, 5.74) is 1.04. The molecule has 0 aliphatic heterocycles. The fraction of sp³-hybridized carbons (Fsp3) is 0.280. The molecule has 9 nitrogen and oxygen atoms in total. The van der Waals surface area contributed by atoms with E-state index in [1.807, 2.05) is 57.2 Å². The first-order valence-electron chi connectivity index (χ1n) is 11.0. The number of aliphatic carboxylic acids is 1. The molecular weight excluding hydrogens is 563 g/mol. The molecule has 0 saturated heterocycles. The molecule has 0 bridgehead atoms. The molecule has 0 fully saturated rings. The van der Waals surface area contributed by atoms with Gasteiger partial charge in [0.05, 0.1) is 24.9 Å². The number of aromatic nitrogens is 3. The van der Waals surface area contributed by atoms with Gasteiger partial charge in [0.15, 0.2) is 0 Å². The van der Waals surface area contributed by atoms with Crippen molar-refractivity contribution in [1.82, 2.24) is 14.1 Å². The largest absolute Gasteiger partial charge is 0.491 e. The Labute approximate surface area is 215 Å². The molecule has 3 aromatic rings. The Morgan fingerprint density at radius 2 is 1.77 bits per heavy atom. The summed E-state index contributed by atoms with van der Waals surface area (Å²) in [6, 6.07) is 14.6. The minimum atomic E-state index is -1.11. The minimum absolute atomic E-state index is 0.0237. The SMILES string of the molecule is C/C=C\c1ccc(Cn2c(=O)n(C[C@H](I)C(=O)O)c(=O)[nH]/c2=N\c2ccc(OC(C)C)cc2)cc1. The summed E-state index contributed by atoms with van der Waals surface area (Å²) in [5.74, 6) is -0.431. The number of aromatic amines is 1. The van der Waals surface area contributed by atoms with Gasteiger partial charge in [0.25, 0.3) is 0 Å². The third kappa shape index (κ3) is 7.04. The first-order valence-corrected chi connectivity index (χ1v) is 12.3. The molecule has 0 radical (unpaired) electrons. The lowest BCUT2D eigenvalue weighted by atomic mass is 10.1. The number of ether oxygens (including phenoxy) is 1. The number of carbonyl (C=O) groups is 1. The number of hydrogen-bond acceptors (Lipinski definition) is 5. The Hall–Kier alpha value is -3.41. The fourth-order valence-electron chi connectivity index (χ4n) is 3.29. The smallest absolute Gasteiger partial charge is 0.335 e. The Bertz CT molecular complexity index is 1380. The summed E-state index contributed by atoms with van der Waals surface area (Å²) in [5, 5.41) is 9.25. The maximum Gasteiger partial charge on any atom is 0.335 e. The average Bonchev–Trinajstić information content (AvgIpc) is 2.81. The summed E-state index contributed by atoms with van der Waals surface area (Å²) >= 11 is 1.69. The number of hydrogen-bond donors (Lipinski definition) is 2. The quantitative estimate of drug-likeness (QED) is 0.293. The summed E-state index contributed by atoms with van der Waals surface area (Å²) in [6.45, 7) is 5.65. The van der Waals surface area contributed by atoms with Gasteiger partial charge in [-0.05, 0) is 56.2 Å². The highest BCUT2D eigenvalue weighted by Gasteiger charge is 2.18. The molecule has 3 rings (SSSR count). The van der Waals surface area contributed by atoms with Crippen LogP contribution in [0.4, 0.5) is 5.69 Å². The van der Waals surface area contributed by atoms with E-state index >= 15 is 0 Å². The lowest BCUT2D eigenvalue weighted by Gasteiger charge is -2.13. The van der Waals surface area contributed by atoms with E-state index in [9.17, 15) is 19.5 Å². The molecule has 0 saturated carbocycles. The highest BCUT2D eigenvalue weighted by atomic mass is 127. The van der Waals surface area contributed by atoms with Crippen LogP contribution in [0.5, 0.6) is 5.75 Å². The summed E-state index contributed by atoms with van der Waals surface area (Å²) in [4.78, 5) is 44.5. The molecule has 1 atom stereocenters. The lowest BCUT2D eigenvalue weighted by molar-refractivity contribution is -0.136. The lowest BCUT2D eigenvalue weighted by Crippen LogP contribution is -2.51. The number of H-pyrrole nitrogens is 1. The van der Waals surface area contributed by atoms with Crippen molar-refractivity contribution >= 4 is 40.3 Å². The van der Waals surface area contributed by atoms with E-state index in [-0.39, 0.29) is 24.8 Å². The zero-order chi connectivity index (χ0) is 25.5. The van der Waals surface area contributed by atoms with Crippen molar-refractivity contribution in [3.8, 4) is 5.75 Å². The molecule has 2 N–H and O–H groups in total. The first-order chi connectivity index (χ1) is 16.7. The van der Waals surface area contributed by atoms with Gasteiger partial charge in [0, 0.05) is 0 Å². The first kappa shape index (κ1) is 26.2. The molecule has 184 valence electrons. The third-order valence-corrected chi connectivity index (χ3v) is 5.84. The predicted octanol–water partition coefficient (Wildman–Crippen LogP) is 3.33. The van der Waals surface area contributed by atoms with E-state index in [0.717, 1.165) is 15.7 Å². The van der Waals surface area contributed by atoms with Crippen molar-refractivity contribution in [1.29, 1.82) is 0 Å². The second-order valence-electron chi connectivity index (χ2n) is 8.05. The summed E-state index contributed by atoms with van der Waals surface area (Å²) < 4.78 is 6.92. The van der Waals surface area contributed by atoms with Gasteiger partial charge in [0.2, 0.25) is 5.62 Å². The Kier molecular flexibility index (Phi) is 8.85. The van der Waals surface area contributed by atoms with Gasteiger partial charge in [-0.25, -0.2) is 19.1 Å². The number of benzene rings is 2. The molecule has 1 aromatic heterocycles. The molecule has 0 amide bonds. The highest BCUT2D eigenvalue weighted by molar-refractivity contribution is 14.1. The van der Waals surface area contributed by atoms with Crippen molar-refractivity contribution in [2.45, 2.75) is 43.9 Å². The second-order valence-corrected chi connectivity index (χ2v) is 9.56. The van der Waals surface area contributed by atoms with Crippen LogP contribution in [0.25, 0.3) is 6.08 Å². The van der Waals surface area contributed by atoms with E-state index in [4.69, 9.17) is 4.74 Å². The predicted molar refractivity (Wildman–Crippen MR) is 142 cm³/mol. The molecule has 0 aliphatic carbocycles. The highest BCUT2D eigenvalue weighted by Crippen LogP contribution is 2.18. The zero-order valence-electron chi connectivity index (χ0n) is 19.6. The average molecular weight is 590 g/mol. The molecule has 2 aromatic carbocycles. The van der Waals surface area contributed by atoms with Crippen LogP contribution in [0.1, 0.15) is 31.9 Å². The number of nitrogens with one attached hydrogen (secondary N) is 1. The second kappa shape index (κ2) is 11.8. The maximum absolute atomic E-state index is 13.3. The minimum Gasteiger partial charge on any atom is -0.491 e. The molecular formula is C25H27IN4O5. The van der Waals surface area contributed by atoms with Crippen LogP contribution in [0.15, 0.2) is 69.2 Å². The molecule has 35 heavy (non-hydrogen) atoms. The van der Waals surface area contributed by atoms with Crippen molar-refractivity contribution in [2.24, 2.45) is 4.99 Å². The van der Waals surface area contributed by atoms with E-state index in [1.165, 1.54) is 4.57 Å². The number of carboxylic acid groups (broad SMARTS) is 1. The van der Waals surface area contributed by atoms with Gasteiger partial charge in [-0.2, -0.15) is 0 Å². The number of rotatable bonds is 9.